The average molecular weight is 839 g/mol. The molecule has 8 aromatic rings. The Hall–Kier alpha value is -7.42. The van der Waals surface area contributed by atoms with E-state index >= 15 is 0 Å². The molecule has 7 aromatic carbocycles. The topological polar surface area (TPSA) is 25.8 Å². The predicted molar refractivity (Wildman–Crippen MR) is 271 cm³/mol. The van der Waals surface area contributed by atoms with Crippen molar-refractivity contribution in [3.05, 3.63) is 286 Å². The average Bonchev–Trinajstić information content (AvgIpc) is 3.36. The molecule has 0 bridgehead atoms. The van der Waals surface area contributed by atoms with Crippen LogP contribution in [0.3, 0.4) is 0 Å². The Labute approximate surface area is 385 Å². The van der Waals surface area contributed by atoms with E-state index < -0.39 is 10.8 Å². The van der Waals surface area contributed by atoms with Crippen LogP contribution in [0.15, 0.2) is 236 Å². The molecule has 1 heterocycles. The van der Waals surface area contributed by atoms with Gasteiger partial charge in [-0.3, -0.25) is 0 Å². The maximum absolute atomic E-state index is 5.52. The summed E-state index contributed by atoms with van der Waals surface area (Å²) in [7, 11) is 0. The first kappa shape index (κ1) is 41.6. The molecule has 2 aliphatic rings. The van der Waals surface area contributed by atoms with E-state index in [-0.39, 0.29) is 0 Å². The van der Waals surface area contributed by atoms with Gasteiger partial charge in [0.25, 0.3) is 0 Å². The van der Waals surface area contributed by atoms with Crippen molar-refractivity contribution in [1.29, 1.82) is 0 Å². The van der Waals surface area contributed by atoms with Crippen molar-refractivity contribution in [1.82, 2.24) is 9.97 Å². The fourth-order valence-corrected chi connectivity index (χ4v) is 10.7. The summed E-state index contributed by atoms with van der Waals surface area (Å²) >= 11 is 0. The van der Waals surface area contributed by atoms with Gasteiger partial charge < -0.3 is 0 Å². The SMILES string of the molecule is Cc1cc(C)c(-c2nc(-c3cccc(C(C4=CCCC=C4)(C4=CCCC=C4)c4ccccc4)c3)cc(-c3cccc(C(c4ccccc4)(c4ccccc4)c4ccccc4)c3)n2)c(C)c1. The lowest BCUT2D eigenvalue weighted by molar-refractivity contribution is 0.717. The Bertz CT molecular complexity index is 2950. The van der Waals surface area contributed by atoms with Crippen LogP contribution >= 0.6 is 0 Å². The lowest BCUT2D eigenvalue weighted by Crippen LogP contribution is -2.32. The molecule has 0 saturated heterocycles. The summed E-state index contributed by atoms with van der Waals surface area (Å²) in [6.07, 6.45) is 18.5. The van der Waals surface area contributed by atoms with Crippen LogP contribution in [0, 0.1) is 20.8 Å². The van der Waals surface area contributed by atoms with Gasteiger partial charge in [0.05, 0.1) is 22.2 Å². The van der Waals surface area contributed by atoms with Gasteiger partial charge in [0.15, 0.2) is 5.82 Å². The van der Waals surface area contributed by atoms with Crippen LogP contribution in [0.1, 0.15) is 75.8 Å². The van der Waals surface area contributed by atoms with Crippen LogP contribution in [0.5, 0.6) is 0 Å². The fraction of sp³-hybridized carbons (Fsp3) is 0.143. The number of allylic oxidation sites excluding steroid dienone is 8. The molecule has 0 saturated carbocycles. The predicted octanol–water partition coefficient (Wildman–Crippen LogP) is 15.6. The highest BCUT2D eigenvalue weighted by atomic mass is 14.9. The van der Waals surface area contributed by atoms with Gasteiger partial charge in [0.2, 0.25) is 0 Å². The van der Waals surface area contributed by atoms with Gasteiger partial charge in [-0.05, 0) is 120 Å². The smallest absolute Gasteiger partial charge is 0.160 e. The first-order chi connectivity index (χ1) is 32.0. The number of hydrogen-bond donors (Lipinski definition) is 0. The monoisotopic (exact) mass is 838 g/mol. The molecule has 0 unspecified atom stereocenters. The zero-order valence-electron chi connectivity index (χ0n) is 37.6. The Morgan fingerprint density at radius 3 is 1.15 bits per heavy atom. The minimum Gasteiger partial charge on any atom is -0.228 e. The van der Waals surface area contributed by atoms with Gasteiger partial charge in [-0.25, -0.2) is 9.97 Å². The van der Waals surface area contributed by atoms with Crippen molar-refractivity contribution >= 4 is 0 Å². The second kappa shape index (κ2) is 18.0. The Morgan fingerprint density at radius 2 is 0.754 bits per heavy atom. The van der Waals surface area contributed by atoms with Crippen molar-refractivity contribution in [3.8, 4) is 33.9 Å². The highest BCUT2D eigenvalue weighted by Gasteiger charge is 2.41. The summed E-state index contributed by atoms with van der Waals surface area (Å²) in [4.78, 5) is 11.0. The molecule has 0 aliphatic heterocycles. The quantitative estimate of drug-likeness (QED) is 0.121. The van der Waals surface area contributed by atoms with Gasteiger partial charge in [0.1, 0.15) is 0 Å². The molecule has 2 nitrogen and oxygen atoms in total. The molecule has 65 heavy (non-hydrogen) atoms. The van der Waals surface area contributed by atoms with E-state index in [1.807, 2.05) is 0 Å². The first-order valence-corrected chi connectivity index (χ1v) is 23.1. The van der Waals surface area contributed by atoms with E-state index in [4.69, 9.17) is 9.97 Å². The van der Waals surface area contributed by atoms with Gasteiger partial charge in [0, 0.05) is 16.7 Å². The maximum Gasteiger partial charge on any atom is 0.160 e. The number of aryl methyl sites for hydroxylation is 3. The molecule has 10 rings (SSSR count). The molecule has 0 amide bonds. The molecule has 2 heteroatoms. The summed E-state index contributed by atoms with van der Waals surface area (Å²) in [5, 5.41) is 0. The van der Waals surface area contributed by atoms with E-state index in [1.54, 1.807) is 0 Å². The summed E-state index contributed by atoms with van der Waals surface area (Å²) in [6.45, 7) is 6.53. The Kier molecular flexibility index (Phi) is 11.5. The second-order valence-electron chi connectivity index (χ2n) is 17.6. The largest absolute Gasteiger partial charge is 0.228 e. The molecule has 0 spiro atoms. The van der Waals surface area contributed by atoms with Crippen LogP contribution in [0.25, 0.3) is 33.9 Å². The van der Waals surface area contributed by atoms with Crippen LogP contribution < -0.4 is 0 Å². The molecule has 0 fully saturated rings. The van der Waals surface area contributed by atoms with E-state index in [0.29, 0.717) is 0 Å². The van der Waals surface area contributed by atoms with Crippen LogP contribution in [-0.4, -0.2) is 9.97 Å². The number of rotatable bonds is 11. The van der Waals surface area contributed by atoms with Crippen molar-refractivity contribution in [2.24, 2.45) is 0 Å². The number of nitrogens with zero attached hydrogens (tertiary/aromatic N) is 2. The highest BCUT2D eigenvalue weighted by Crippen LogP contribution is 2.50. The third kappa shape index (κ3) is 7.64. The summed E-state index contributed by atoms with van der Waals surface area (Å²) in [5.74, 6) is 0.730. The van der Waals surface area contributed by atoms with E-state index in [1.165, 1.54) is 61.2 Å². The summed E-state index contributed by atoms with van der Waals surface area (Å²) < 4.78 is 0. The van der Waals surface area contributed by atoms with Crippen molar-refractivity contribution in [3.63, 3.8) is 0 Å². The van der Waals surface area contributed by atoms with E-state index in [0.717, 1.165) is 59.6 Å². The first-order valence-electron chi connectivity index (χ1n) is 23.1. The van der Waals surface area contributed by atoms with Crippen molar-refractivity contribution < 1.29 is 0 Å². The molecule has 1 aromatic heterocycles. The van der Waals surface area contributed by atoms with Gasteiger partial charge in [-0.15, -0.1) is 0 Å². The molecule has 0 radical (unpaired) electrons. The van der Waals surface area contributed by atoms with Crippen LogP contribution in [0.4, 0.5) is 0 Å². The molecule has 0 atom stereocenters. The van der Waals surface area contributed by atoms with Gasteiger partial charge >= 0.3 is 0 Å². The highest BCUT2D eigenvalue weighted by molar-refractivity contribution is 5.77. The maximum atomic E-state index is 5.52. The Morgan fingerprint density at radius 1 is 0.369 bits per heavy atom. The normalized spacial score (nSPS) is 13.9. The number of benzene rings is 7. The number of aromatic nitrogens is 2. The molecular weight excluding hydrogens is 785 g/mol. The third-order valence-corrected chi connectivity index (χ3v) is 13.5. The van der Waals surface area contributed by atoms with Crippen molar-refractivity contribution in [2.75, 3.05) is 0 Å². The fourth-order valence-electron chi connectivity index (χ4n) is 10.7. The second-order valence-corrected chi connectivity index (χ2v) is 17.6. The molecular formula is C63H54N2. The zero-order valence-corrected chi connectivity index (χ0v) is 37.6. The summed E-state index contributed by atoms with van der Waals surface area (Å²) in [5.41, 5.74) is 17.3. The van der Waals surface area contributed by atoms with Crippen LogP contribution in [-0.2, 0) is 10.8 Å². The lowest BCUT2D eigenvalue weighted by atomic mass is 9.62. The molecule has 316 valence electrons. The van der Waals surface area contributed by atoms with Gasteiger partial charge in [-0.2, -0.15) is 0 Å². The lowest BCUT2D eigenvalue weighted by Gasteiger charge is -2.40. The minimum absolute atomic E-state index is 0.502. The van der Waals surface area contributed by atoms with E-state index in [9.17, 15) is 0 Å². The standard InChI is InChI=1S/C63H54N2/c1-45-40-46(2)60(47(3)41-45)61-64-58(48-24-22-38-56(42-48)62(50-26-10-4-11-27-50,51-28-12-5-13-29-51)52-30-14-6-15-31-52)44-59(65-61)49-25-23-39-57(43-49)63(53-32-16-7-17-33-53,54-34-18-8-19-35-54)55-36-20-9-21-37-55/h4-7,10-18,20,22-44H,8-9,19,21H2,1-3H3. The minimum atomic E-state index is -0.595. The zero-order chi connectivity index (χ0) is 44.2. The third-order valence-electron chi connectivity index (χ3n) is 13.5. The molecule has 2 aliphatic carbocycles. The Balaban J connectivity index is 1.21. The van der Waals surface area contributed by atoms with E-state index in [2.05, 4.69) is 245 Å². The number of hydrogen-bond acceptors (Lipinski definition) is 2. The molecule has 0 N–H and O–H groups in total. The van der Waals surface area contributed by atoms with Crippen LogP contribution in [0.2, 0.25) is 0 Å². The van der Waals surface area contributed by atoms with Gasteiger partial charge in [-0.1, -0.05) is 212 Å². The van der Waals surface area contributed by atoms with Crippen molar-refractivity contribution in [2.45, 2.75) is 57.3 Å². The summed E-state index contributed by atoms with van der Waals surface area (Å²) in [6, 6.07) is 68.8.